The van der Waals surface area contributed by atoms with E-state index in [4.69, 9.17) is 10.9 Å². The molecular weight excluding hydrogens is 270 g/mol. The number of para-hydroxylation sites is 1. The number of nitrogens with two attached hydrogens (primary N) is 1. The molecule has 0 aliphatic heterocycles. The normalized spacial score (nSPS) is 11.9. The standard InChI is InChI=1S/C15H19N3OS/c1-2-3-6-9-20-15-12(14(16)18-19)10-11-7-4-5-8-13(11)17-15/h4-5,7-8,10,19H,2-3,6,9H2,1H3,(H2,16,18). The third kappa shape index (κ3) is 3.42. The lowest BCUT2D eigenvalue weighted by Gasteiger charge is -2.09. The second-order valence-electron chi connectivity index (χ2n) is 4.57. The Labute approximate surface area is 123 Å². The van der Waals surface area contributed by atoms with Crippen LogP contribution in [0.2, 0.25) is 0 Å². The second-order valence-corrected chi connectivity index (χ2v) is 5.66. The van der Waals surface area contributed by atoms with Crippen molar-refractivity contribution < 1.29 is 5.21 Å². The summed E-state index contributed by atoms with van der Waals surface area (Å²) in [7, 11) is 0. The topological polar surface area (TPSA) is 71.5 Å². The fourth-order valence-corrected chi connectivity index (χ4v) is 2.99. The molecule has 2 aromatic rings. The molecule has 0 fully saturated rings. The molecule has 106 valence electrons. The molecule has 0 aliphatic carbocycles. The third-order valence-corrected chi connectivity index (χ3v) is 4.14. The molecule has 0 bridgehead atoms. The van der Waals surface area contributed by atoms with Crippen LogP contribution in [0, 0.1) is 0 Å². The van der Waals surface area contributed by atoms with Crippen molar-refractivity contribution in [3.05, 3.63) is 35.9 Å². The summed E-state index contributed by atoms with van der Waals surface area (Å²) in [4.78, 5) is 4.63. The quantitative estimate of drug-likeness (QED) is 0.213. The fraction of sp³-hybridized carbons (Fsp3) is 0.333. The van der Waals surface area contributed by atoms with Gasteiger partial charge in [-0.2, -0.15) is 0 Å². The number of benzene rings is 1. The second kappa shape index (κ2) is 7.14. The molecule has 2 rings (SSSR count). The Morgan fingerprint density at radius 2 is 2.15 bits per heavy atom. The lowest BCUT2D eigenvalue weighted by Crippen LogP contribution is -2.15. The van der Waals surface area contributed by atoms with Crippen LogP contribution >= 0.6 is 11.8 Å². The van der Waals surface area contributed by atoms with Crippen LogP contribution in [0.15, 0.2) is 40.5 Å². The van der Waals surface area contributed by atoms with Crippen LogP contribution in [-0.2, 0) is 0 Å². The van der Waals surface area contributed by atoms with Crippen LogP contribution in [0.1, 0.15) is 31.7 Å². The number of hydrogen-bond donors (Lipinski definition) is 2. The zero-order chi connectivity index (χ0) is 14.4. The highest BCUT2D eigenvalue weighted by atomic mass is 32.2. The van der Waals surface area contributed by atoms with E-state index in [-0.39, 0.29) is 5.84 Å². The SMILES string of the molecule is CCCCCSc1nc2ccccc2cc1/C(N)=N/O. The molecule has 20 heavy (non-hydrogen) atoms. The summed E-state index contributed by atoms with van der Waals surface area (Å²) in [6.07, 6.45) is 3.55. The molecule has 0 saturated heterocycles. The smallest absolute Gasteiger partial charge is 0.172 e. The van der Waals surface area contributed by atoms with Crippen molar-refractivity contribution in [2.45, 2.75) is 31.2 Å². The van der Waals surface area contributed by atoms with Gasteiger partial charge < -0.3 is 10.9 Å². The molecule has 0 amide bonds. The van der Waals surface area contributed by atoms with E-state index < -0.39 is 0 Å². The van der Waals surface area contributed by atoms with Gasteiger partial charge in [0.05, 0.1) is 11.1 Å². The minimum atomic E-state index is 0.112. The van der Waals surface area contributed by atoms with E-state index in [1.807, 2.05) is 30.3 Å². The molecule has 0 atom stereocenters. The van der Waals surface area contributed by atoms with E-state index >= 15 is 0 Å². The molecule has 4 nitrogen and oxygen atoms in total. The fourth-order valence-electron chi connectivity index (χ4n) is 1.97. The van der Waals surface area contributed by atoms with Crippen LogP contribution < -0.4 is 5.73 Å². The Bertz CT molecular complexity index is 613. The summed E-state index contributed by atoms with van der Waals surface area (Å²) in [6, 6.07) is 9.79. The van der Waals surface area contributed by atoms with E-state index in [0.29, 0.717) is 5.56 Å². The van der Waals surface area contributed by atoms with E-state index in [1.54, 1.807) is 11.8 Å². The first kappa shape index (κ1) is 14.7. The molecule has 0 aliphatic rings. The van der Waals surface area contributed by atoms with Crippen molar-refractivity contribution in [2.75, 3.05) is 5.75 Å². The first-order valence-electron chi connectivity index (χ1n) is 6.76. The predicted octanol–water partition coefficient (Wildman–Crippen LogP) is 3.61. The Balaban J connectivity index is 2.33. The number of amidine groups is 1. The highest BCUT2D eigenvalue weighted by Crippen LogP contribution is 2.25. The third-order valence-electron chi connectivity index (χ3n) is 3.06. The van der Waals surface area contributed by atoms with Crippen molar-refractivity contribution >= 4 is 28.5 Å². The number of nitrogens with zero attached hydrogens (tertiary/aromatic N) is 2. The van der Waals surface area contributed by atoms with Crippen molar-refractivity contribution in [1.82, 2.24) is 4.98 Å². The van der Waals surface area contributed by atoms with Gasteiger partial charge in [-0.25, -0.2) is 4.98 Å². The van der Waals surface area contributed by atoms with Crippen LogP contribution in [0.25, 0.3) is 10.9 Å². The molecule has 3 N–H and O–H groups in total. The van der Waals surface area contributed by atoms with Gasteiger partial charge in [-0.15, -0.1) is 11.8 Å². The van der Waals surface area contributed by atoms with Gasteiger partial charge in [0.15, 0.2) is 5.84 Å². The van der Waals surface area contributed by atoms with Crippen LogP contribution in [0.5, 0.6) is 0 Å². The predicted molar refractivity (Wildman–Crippen MR) is 84.5 cm³/mol. The molecule has 1 aromatic carbocycles. The molecule has 0 spiro atoms. The Hall–Kier alpha value is -1.75. The van der Waals surface area contributed by atoms with Gasteiger partial charge in [0.2, 0.25) is 0 Å². The van der Waals surface area contributed by atoms with Crippen LogP contribution in [0.4, 0.5) is 0 Å². The van der Waals surface area contributed by atoms with Crippen molar-refractivity contribution in [3.63, 3.8) is 0 Å². The van der Waals surface area contributed by atoms with Crippen LogP contribution in [0.3, 0.4) is 0 Å². The number of oxime groups is 1. The van der Waals surface area contributed by atoms with Gasteiger partial charge in [-0.1, -0.05) is 43.1 Å². The summed E-state index contributed by atoms with van der Waals surface area (Å²) in [5, 5.41) is 13.9. The molecule has 0 saturated carbocycles. The van der Waals surface area contributed by atoms with E-state index in [2.05, 4.69) is 17.1 Å². The Morgan fingerprint density at radius 3 is 2.90 bits per heavy atom. The first-order valence-corrected chi connectivity index (χ1v) is 7.75. The van der Waals surface area contributed by atoms with Crippen molar-refractivity contribution in [3.8, 4) is 0 Å². The van der Waals surface area contributed by atoms with Gasteiger partial charge in [-0.05, 0) is 24.3 Å². The zero-order valence-corrected chi connectivity index (χ0v) is 12.4. The largest absolute Gasteiger partial charge is 0.409 e. The van der Waals surface area contributed by atoms with Gasteiger partial charge >= 0.3 is 0 Å². The molecule has 1 heterocycles. The van der Waals surface area contributed by atoms with Gasteiger partial charge in [0, 0.05) is 5.39 Å². The molecule has 0 unspecified atom stereocenters. The maximum absolute atomic E-state index is 8.92. The Morgan fingerprint density at radius 1 is 1.35 bits per heavy atom. The lowest BCUT2D eigenvalue weighted by atomic mass is 10.1. The number of aromatic nitrogens is 1. The van der Waals surface area contributed by atoms with Crippen molar-refractivity contribution in [1.29, 1.82) is 0 Å². The monoisotopic (exact) mass is 289 g/mol. The van der Waals surface area contributed by atoms with Gasteiger partial charge in [0.1, 0.15) is 5.03 Å². The summed E-state index contributed by atoms with van der Waals surface area (Å²) in [5.74, 6) is 1.10. The number of rotatable bonds is 6. The maximum atomic E-state index is 8.92. The van der Waals surface area contributed by atoms with E-state index in [0.717, 1.165) is 28.1 Å². The summed E-state index contributed by atoms with van der Waals surface area (Å²) >= 11 is 1.66. The minimum Gasteiger partial charge on any atom is -0.409 e. The summed E-state index contributed by atoms with van der Waals surface area (Å²) < 4.78 is 0. The van der Waals surface area contributed by atoms with Gasteiger partial charge in [0.25, 0.3) is 0 Å². The Kier molecular flexibility index (Phi) is 5.24. The van der Waals surface area contributed by atoms with Gasteiger partial charge in [-0.3, -0.25) is 0 Å². The average Bonchev–Trinajstić information content (AvgIpc) is 2.50. The maximum Gasteiger partial charge on any atom is 0.172 e. The first-order chi connectivity index (χ1) is 9.76. The summed E-state index contributed by atoms with van der Waals surface area (Å²) in [6.45, 7) is 2.18. The molecule has 5 heteroatoms. The zero-order valence-electron chi connectivity index (χ0n) is 11.5. The number of hydrogen-bond acceptors (Lipinski definition) is 4. The van der Waals surface area contributed by atoms with Crippen LogP contribution in [-0.4, -0.2) is 21.8 Å². The number of unbranched alkanes of at least 4 members (excludes halogenated alkanes) is 2. The van der Waals surface area contributed by atoms with E-state index in [9.17, 15) is 0 Å². The molecule has 1 aromatic heterocycles. The summed E-state index contributed by atoms with van der Waals surface area (Å²) in [5.41, 5.74) is 7.40. The highest BCUT2D eigenvalue weighted by molar-refractivity contribution is 7.99. The molecule has 0 radical (unpaired) electrons. The number of fused-ring (bicyclic) bond motifs is 1. The van der Waals surface area contributed by atoms with E-state index in [1.165, 1.54) is 12.8 Å². The average molecular weight is 289 g/mol. The number of pyridine rings is 1. The highest BCUT2D eigenvalue weighted by Gasteiger charge is 2.11. The van der Waals surface area contributed by atoms with Crippen molar-refractivity contribution in [2.24, 2.45) is 10.9 Å². The number of thioether (sulfide) groups is 1. The molecular formula is C15H19N3OS. The lowest BCUT2D eigenvalue weighted by molar-refractivity contribution is 0.318. The minimum absolute atomic E-state index is 0.112.